The molecule has 1 aliphatic carbocycles. The lowest BCUT2D eigenvalue weighted by molar-refractivity contribution is -0.0749. The molecule has 2 atom stereocenters. The Labute approximate surface area is 182 Å². The normalized spacial score (nSPS) is 26.4. The van der Waals surface area contributed by atoms with E-state index < -0.39 is 11.5 Å². The molecule has 5 heteroatoms. The minimum Gasteiger partial charge on any atom is -0.384 e. The molecule has 0 amide bonds. The Bertz CT molecular complexity index is 846. The molecule has 3 nitrogen and oxygen atoms in total. The van der Waals surface area contributed by atoms with Gasteiger partial charge in [-0.1, -0.05) is 54.6 Å². The van der Waals surface area contributed by atoms with Crippen molar-refractivity contribution in [1.82, 2.24) is 4.90 Å². The SMILES string of the molecule is O=C(c1ccc(Cl)cc1)[C@@H]1CN(C2CCCCC2)CC[C@@]1(O)c1ccc(Cl)cc1. The lowest BCUT2D eigenvalue weighted by Crippen LogP contribution is -2.55. The second-order valence-corrected chi connectivity index (χ2v) is 9.26. The molecule has 0 radical (unpaired) electrons. The van der Waals surface area contributed by atoms with Crippen LogP contribution in [0.4, 0.5) is 0 Å². The van der Waals surface area contributed by atoms with Crippen LogP contribution >= 0.6 is 23.2 Å². The third-order valence-corrected chi connectivity index (χ3v) is 7.16. The van der Waals surface area contributed by atoms with Crippen molar-refractivity contribution in [2.24, 2.45) is 5.92 Å². The van der Waals surface area contributed by atoms with E-state index in [1.807, 2.05) is 12.1 Å². The number of nitrogens with zero attached hydrogens (tertiary/aromatic N) is 1. The third kappa shape index (κ3) is 4.39. The fraction of sp³-hybridized carbons (Fsp3) is 0.458. The highest BCUT2D eigenvalue weighted by molar-refractivity contribution is 6.30. The predicted molar refractivity (Wildman–Crippen MR) is 118 cm³/mol. The Morgan fingerprint density at radius 3 is 2.14 bits per heavy atom. The van der Waals surface area contributed by atoms with Crippen LogP contribution in [-0.2, 0) is 5.60 Å². The lowest BCUT2D eigenvalue weighted by Gasteiger charge is -2.47. The summed E-state index contributed by atoms with van der Waals surface area (Å²) in [5.41, 5.74) is 0.154. The predicted octanol–water partition coefficient (Wildman–Crippen LogP) is 5.72. The summed E-state index contributed by atoms with van der Waals surface area (Å²) in [6.07, 6.45) is 6.70. The molecule has 0 aromatic heterocycles. The van der Waals surface area contributed by atoms with Gasteiger partial charge in [-0.15, -0.1) is 0 Å². The van der Waals surface area contributed by atoms with Gasteiger partial charge < -0.3 is 5.11 Å². The van der Waals surface area contributed by atoms with Gasteiger partial charge >= 0.3 is 0 Å². The molecule has 0 bridgehead atoms. The molecule has 1 N–H and O–H groups in total. The second-order valence-electron chi connectivity index (χ2n) is 8.39. The quantitative estimate of drug-likeness (QED) is 0.629. The van der Waals surface area contributed by atoms with E-state index in [1.165, 1.54) is 32.1 Å². The minimum absolute atomic E-state index is 0.0281. The van der Waals surface area contributed by atoms with Crippen molar-refractivity contribution in [2.45, 2.75) is 50.2 Å². The van der Waals surface area contributed by atoms with Gasteiger partial charge in [0.25, 0.3) is 0 Å². The fourth-order valence-electron chi connectivity index (χ4n) is 4.94. The number of carbonyl (C=O) groups excluding carboxylic acids is 1. The van der Waals surface area contributed by atoms with Gasteiger partial charge in [-0.2, -0.15) is 0 Å². The van der Waals surface area contributed by atoms with Crippen LogP contribution in [0.3, 0.4) is 0 Å². The highest BCUT2D eigenvalue weighted by Crippen LogP contribution is 2.41. The maximum Gasteiger partial charge on any atom is 0.170 e. The van der Waals surface area contributed by atoms with Crippen LogP contribution in [0, 0.1) is 5.92 Å². The largest absolute Gasteiger partial charge is 0.384 e. The van der Waals surface area contributed by atoms with Gasteiger partial charge in [0.15, 0.2) is 5.78 Å². The van der Waals surface area contributed by atoms with Crippen LogP contribution in [0.25, 0.3) is 0 Å². The molecule has 2 aliphatic rings. The molecule has 1 heterocycles. The Kier molecular flexibility index (Phi) is 6.31. The topological polar surface area (TPSA) is 40.5 Å². The highest BCUT2D eigenvalue weighted by atomic mass is 35.5. The Hall–Kier alpha value is -1.39. The first-order chi connectivity index (χ1) is 14.0. The number of halogens is 2. The molecule has 29 heavy (non-hydrogen) atoms. The molecule has 0 spiro atoms. The molecule has 2 fully saturated rings. The number of hydrogen-bond donors (Lipinski definition) is 1. The average molecular weight is 432 g/mol. The van der Waals surface area contributed by atoms with E-state index in [1.54, 1.807) is 36.4 Å². The van der Waals surface area contributed by atoms with Gasteiger partial charge in [0.1, 0.15) is 5.60 Å². The molecular weight excluding hydrogens is 405 g/mol. The highest BCUT2D eigenvalue weighted by Gasteiger charge is 2.47. The van der Waals surface area contributed by atoms with Crippen LogP contribution in [0.5, 0.6) is 0 Å². The molecular formula is C24H27Cl2NO2. The lowest BCUT2D eigenvalue weighted by atomic mass is 9.72. The second kappa shape index (κ2) is 8.77. The standard InChI is InChI=1S/C24H27Cl2NO2/c25-19-10-6-17(7-11-19)23(28)22-16-27(21-4-2-1-3-5-21)15-14-24(22,29)18-8-12-20(26)13-9-18/h6-13,21-22,29H,1-5,14-16H2/t22-,24+/m0/s1. The summed E-state index contributed by atoms with van der Waals surface area (Å²) in [5, 5.41) is 13.0. The summed E-state index contributed by atoms with van der Waals surface area (Å²) in [4.78, 5) is 16.0. The minimum atomic E-state index is -1.20. The van der Waals surface area contributed by atoms with Crippen molar-refractivity contribution in [3.8, 4) is 0 Å². The van der Waals surface area contributed by atoms with E-state index in [0.717, 1.165) is 12.1 Å². The Morgan fingerprint density at radius 2 is 1.52 bits per heavy atom. The molecule has 0 unspecified atom stereocenters. The van der Waals surface area contributed by atoms with Crippen LogP contribution < -0.4 is 0 Å². The first kappa shape index (κ1) is 20.9. The molecule has 1 saturated carbocycles. The number of rotatable bonds is 4. The summed E-state index contributed by atoms with van der Waals surface area (Å²) in [7, 11) is 0. The monoisotopic (exact) mass is 431 g/mol. The van der Waals surface area contributed by atoms with Crippen molar-refractivity contribution < 1.29 is 9.90 Å². The number of carbonyl (C=O) groups is 1. The summed E-state index contributed by atoms with van der Waals surface area (Å²) in [5.74, 6) is -0.555. The van der Waals surface area contributed by atoms with Gasteiger partial charge in [-0.3, -0.25) is 9.69 Å². The summed E-state index contributed by atoms with van der Waals surface area (Å²) < 4.78 is 0. The molecule has 2 aromatic rings. The van der Waals surface area contributed by atoms with Crippen LogP contribution in [0.15, 0.2) is 48.5 Å². The smallest absolute Gasteiger partial charge is 0.170 e. The van der Waals surface area contributed by atoms with Gasteiger partial charge in [0, 0.05) is 34.7 Å². The van der Waals surface area contributed by atoms with Crippen molar-refractivity contribution in [2.75, 3.05) is 13.1 Å². The number of likely N-dealkylation sites (tertiary alicyclic amines) is 1. The number of aliphatic hydroxyl groups is 1. The first-order valence-electron chi connectivity index (χ1n) is 10.5. The van der Waals surface area contributed by atoms with Gasteiger partial charge in [-0.05, 0) is 61.2 Å². The maximum atomic E-state index is 13.5. The Balaban J connectivity index is 1.67. The van der Waals surface area contributed by atoms with Crippen LogP contribution in [-0.4, -0.2) is 34.9 Å². The molecule has 4 rings (SSSR count). The van der Waals surface area contributed by atoms with Crippen molar-refractivity contribution in [3.05, 3.63) is 69.7 Å². The fourth-order valence-corrected chi connectivity index (χ4v) is 5.19. The van der Waals surface area contributed by atoms with E-state index >= 15 is 0 Å². The van der Waals surface area contributed by atoms with Crippen molar-refractivity contribution in [1.29, 1.82) is 0 Å². The van der Waals surface area contributed by atoms with Crippen LogP contribution in [0.2, 0.25) is 10.0 Å². The van der Waals surface area contributed by atoms with Gasteiger partial charge in [-0.25, -0.2) is 0 Å². The number of ketones is 1. The molecule has 2 aromatic carbocycles. The number of Topliss-reactive ketones (excluding diaryl/α,β-unsaturated/α-hetero) is 1. The summed E-state index contributed by atoms with van der Waals surface area (Å²) >= 11 is 12.1. The number of benzene rings is 2. The van der Waals surface area contributed by atoms with Crippen molar-refractivity contribution >= 4 is 29.0 Å². The van der Waals surface area contributed by atoms with Crippen molar-refractivity contribution in [3.63, 3.8) is 0 Å². The van der Waals surface area contributed by atoms with Crippen LogP contribution in [0.1, 0.15) is 54.4 Å². The zero-order chi connectivity index (χ0) is 20.4. The zero-order valence-electron chi connectivity index (χ0n) is 16.5. The maximum absolute atomic E-state index is 13.5. The van der Waals surface area contributed by atoms with E-state index in [2.05, 4.69) is 4.90 Å². The molecule has 1 saturated heterocycles. The van der Waals surface area contributed by atoms with E-state index in [9.17, 15) is 9.90 Å². The number of piperidine rings is 1. The first-order valence-corrected chi connectivity index (χ1v) is 11.3. The van der Waals surface area contributed by atoms with E-state index in [0.29, 0.717) is 34.6 Å². The van der Waals surface area contributed by atoms with E-state index in [4.69, 9.17) is 23.2 Å². The summed E-state index contributed by atoms with van der Waals surface area (Å²) in [6, 6.07) is 14.8. The molecule has 154 valence electrons. The molecule has 1 aliphatic heterocycles. The van der Waals surface area contributed by atoms with E-state index in [-0.39, 0.29) is 5.78 Å². The van der Waals surface area contributed by atoms with Gasteiger partial charge in [0.05, 0.1) is 5.92 Å². The summed E-state index contributed by atoms with van der Waals surface area (Å²) in [6.45, 7) is 1.37. The number of hydrogen-bond acceptors (Lipinski definition) is 3. The van der Waals surface area contributed by atoms with Gasteiger partial charge in [0.2, 0.25) is 0 Å². The zero-order valence-corrected chi connectivity index (χ0v) is 18.0. The third-order valence-electron chi connectivity index (χ3n) is 6.65. The Morgan fingerprint density at radius 1 is 0.931 bits per heavy atom. The average Bonchev–Trinajstić information content (AvgIpc) is 2.75.